The van der Waals surface area contributed by atoms with Gasteiger partial charge in [0.15, 0.2) is 0 Å². The van der Waals surface area contributed by atoms with Crippen molar-refractivity contribution in [3.05, 3.63) is 68.2 Å². The van der Waals surface area contributed by atoms with E-state index in [4.69, 9.17) is 4.74 Å². The van der Waals surface area contributed by atoms with Gasteiger partial charge in [0.25, 0.3) is 17.5 Å². The van der Waals surface area contributed by atoms with E-state index in [1.165, 1.54) is 18.2 Å². The van der Waals surface area contributed by atoms with Gasteiger partial charge in [0.2, 0.25) is 0 Å². The van der Waals surface area contributed by atoms with Crippen LogP contribution in [0.25, 0.3) is 0 Å². The largest absolute Gasteiger partial charge is 0.493 e. The van der Waals surface area contributed by atoms with E-state index in [2.05, 4.69) is 26.8 Å². The molecule has 9 heteroatoms. The van der Waals surface area contributed by atoms with Gasteiger partial charge in [-0.1, -0.05) is 28.9 Å². The van der Waals surface area contributed by atoms with E-state index < -0.39 is 16.7 Å². The van der Waals surface area contributed by atoms with E-state index in [9.17, 15) is 19.7 Å². The van der Waals surface area contributed by atoms with Gasteiger partial charge in [0.05, 0.1) is 17.1 Å². The fourth-order valence-corrected chi connectivity index (χ4v) is 2.39. The molecule has 0 atom stereocenters. The summed E-state index contributed by atoms with van der Waals surface area (Å²) in [6.07, 6.45) is 0.778. The molecule has 136 valence electrons. The van der Waals surface area contributed by atoms with Crippen molar-refractivity contribution >= 4 is 33.4 Å². The summed E-state index contributed by atoms with van der Waals surface area (Å²) < 4.78 is 6.20. The van der Waals surface area contributed by atoms with Crippen LogP contribution in [0.1, 0.15) is 34.1 Å². The minimum absolute atomic E-state index is 0.0520. The summed E-state index contributed by atoms with van der Waals surface area (Å²) in [4.78, 5) is 34.6. The second kappa shape index (κ2) is 8.95. The summed E-state index contributed by atoms with van der Waals surface area (Å²) in [6.45, 7) is 2.39. The average Bonchev–Trinajstić information content (AvgIpc) is 2.64. The number of ether oxygens (including phenoxy) is 1. The highest BCUT2D eigenvalue weighted by Crippen LogP contribution is 2.23. The summed E-state index contributed by atoms with van der Waals surface area (Å²) in [6, 6.07) is 10.1. The van der Waals surface area contributed by atoms with Crippen molar-refractivity contribution in [2.75, 3.05) is 6.61 Å². The quantitative estimate of drug-likeness (QED) is 0.549. The van der Waals surface area contributed by atoms with Gasteiger partial charge in [-0.05, 0) is 30.7 Å². The first-order valence-corrected chi connectivity index (χ1v) is 8.49. The van der Waals surface area contributed by atoms with Gasteiger partial charge in [0.1, 0.15) is 5.75 Å². The zero-order chi connectivity index (χ0) is 19.1. The monoisotopic (exact) mass is 421 g/mol. The van der Waals surface area contributed by atoms with Crippen LogP contribution in [0.4, 0.5) is 5.69 Å². The van der Waals surface area contributed by atoms with Gasteiger partial charge in [-0.2, -0.15) is 0 Å². The Balaban J connectivity index is 2.08. The molecule has 0 aromatic heterocycles. The Kier molecular flexibility index (Phi) is 6.67. The Labute approximate surface area is 157 Å². The summed E-state index contributed by atoms with van der Waals surface area (Å²) >= 11 is 3.28. The number of hydrogen-bond acceptors (Lipinski definition) is 5. The summed E-state index contributed by atoms with van der Waals surface area (Å²) in [7, 11) is 0. The second-order valence-corrected chi connectivity index (χ2v) is 6.12. The first-order valence-electron chi connectivity index (χ1n) is 7.70. The smallest absolute Gasteiger partial charge is 0.273 e. The molecule has 2 amide bonds. The Hall–Kier alpha value is -2.94. The molecular formula is C17H16BrN3O5. The maximum atomic E-state index is 12.4. The van der Waals surface area contributed by atoms with Crippen molar-refractivity contribution in [3.8, 4) is 5.75 Å². The summed E-state index contributed by atoms with van der Waals surface area (Å²) in [5.41, 5.74) is 4.59. The van der Waals surface area contributed by atoms with Crippen LogP contribution in [0.15, 0.2) is 46.9 Å². The molecule has 2 aromatic rings. The first-order chi connectivity index (χ1) is 12.4. The molecule has 8 nitrogen and oxygen atoms in total. The number of non-ortho nitro benzene ring substituents is 1. The van der Waals surface area contributed by atoms with Crippen LogP contribution in [0.5, 0.6) is 5.75 Å². The highest BCUT2D eigenvalue weighted by atomic mass is 79.9. The van der Waals surface area contributed by atoms with Gasteiger partial charge in [-0.15, -0.1) is 0 Å². The topological polar surface area (TPSA) is 111 Å². The predicted molar refractivity (Wildman–Crippen MR) is 98.0 cm³/mol. The number of hydrogen-bond donors (Lipinski definition) is 2. The van der Waals surface area contributed by atoms with E-state index in [0.717, 1.165) is 12.5 Å². The van der Waals surface area contributed by atoms with Gasteiger partial charge >= 0.3 is 0 Å². The number of rotatable bonds is 6. The predicted octanol–water partition coefficient (Wildman–Crippen LogP) is 3.22. The number of benzene rings is 2. The molecule has 26 heavy (non-hydrogen) atoms. The molecule has 2 aromatic carbocycles. The molecule has 2 rings (SSSR count). The molecule has 0 aliphatic heterocycles. The Morgan fingerprint density at radius 3 is 2.58 bits per heavy atom. The van der Waals surface area contributed by atoms with Crippen LogP contribution in [0.3, 0.4) is 0 Å². The third kappa shape index (κ3) is 5.03. The van der Waals surface area contributed by atoms with Crippen LogP contribution in [-0.4, -0.2) is 23.3 Å². The number of carbonyl (C=O) groups is 2. The zero-order valence-electron chi connectivity index (χ0n) is 13.8. The van der Waals surface area contributed by atoms with Crippen molar-refractivity contribution in [2.24, 2.45) is 0 Å². The molecule has 0 saturated carbocycles. The SMILES string of the molecule is CCCOc1ccc(Br)cc1C(=O)NNC(=O)c1cccc([N+](=O)[O-])c1. The van der Waals surface area contributed by atoms with Crippen LogP contribution in [-0.2, 0) is 0 Å². The summed E-state index contributed by atoms with van der Waals surface area (Å²) in [5.74, 6) is -0.860. The molecule has 0 fully saturated rings. The van der Waals surface area contributed by atoms with Crippen molar-refractivity contribution in [3.63, 3.8) is 0 Å². The Bertz CT molecular complexity index is 841. The Morgan fingerprint density at radius 2 is 1.88 bits per heavy atom. The molecule has 0 aliphatic rings. The van der Waals surface area contributed by atoms with Crippen molar-refractivity contribution in [1.29, 1.82) is 0 Å². The molecule has 0 saturated heterocycles. The number of halogens is 1. The third-order valence-electron chi connectivity index (χ3n) is 3.26. The lowest BCUT2D eigenvalue weighted by molar-refractivity contribution is -0.384. The van der Waals surface area contributed by atoms with E-state index >= 15 is 0 Å². The van der Waals surface area contributed by atoms with Gasteiger partial charge < -0.3 is 4.74 Å². The van der Waals surface area contributed by atoms with Crippen LogP contribution in [0, 0.1) is 10.1 Å². The molecule has 0 heterocycles. The number of nitro groups is 1. The normalized spacial score (nSPS) is 10.1. The standard InChI is InChI=1S/C17H16BrN3O5/c1-2-8-26-15-7-6-12(18)10-14(15)17(23)20-19-16(22)11-4-3-5-13(9-11)21(24)25/h3-7,9-10H,2,8H2,1H3,(H,19,22)(H,20,23). The van der Waals surface area contributed by atoms with E-state index in [1.807, 2.05) is 6.92 Å². The third-order valence-corrected chi connectivity index (χ3v) is 3.75. The van der Waals surface area contributed by atoms with E-state index in [-0.39, 0.29) is 16.8 Å². The zero-order valence-corrected chi connectivity index (χ0v) is 15.4. The number of amides is 2. The maximum Gasteiger partial charge on any atom is 0.273 e. The fraction of sp³-hybridized carbons (Fsp3) is 0.176. The summed E-state index contributed by atoms with van der Waals surface area (Å²) in [5, 5.41) is 10.8. The van der Waals surface area contributed by atoms with Crippen LogP contribution in [0.2, 0.25) is 0 Å². The number of hydrazine groups is 1. The van der Waals surface area contributed by atoms with Crippen molar-refractivity contribution < 1.29 is 19.2 Å². The van der Waals surface area contributed by atoms with Crippen molar-refractivity contribution in [2.45, 2.75) is 13.3 Å². The highest BCUT2D eigenvalue weighted by molar-refractivity contribution is 9.10. The van der Waals surface area contributed by atoms with Gasteiger partial charge in [-0.3, -0.25) is 30.6 Å². The molecule has 0 radical (unpaired) electrons. The fourth-order valence-electron chi connectivity index (χ4n) is 2.03. The lowest BCUT2D eigenvalue weighted by atomic mass is 10.2. The van der Waals surface area contributed by atoms with Crippen LogP contribution >= 0.6 is 15.9 Å². The molecule has 0 aliphatic carbocycles. The van der Waals surface area contributed by atoms with Crippen LogP contribution < -0.4 is 15.6 Å². The van der Waals surface area contributed by atoms with Gasteiger partial charge in [0, 0.05) is 22.2 Å². The molecule has 0 bridgehead atoms. The number of carbonyl (C=O) groups excluding carboxylic acids is 2. The molecule has 0 spiro atoms. The Morgan fingerprint density at radius 1 is 1.15 bits per heavy atom. The average molecular weight is 422 g/mol. The second-order valence-electron chi connectivity index (χ2n) is 5.20. The maximum absolute atomic E-state index is 12.4. The molecular weight excluding hydrogens is 406 g/mol. The van der Waals surface area contributed by atoms with Crippen molar-refractivity contribution in [1.82, 2.24) is 10.9 Å². The van der Waals surface area contributed by atoms with E-state index in [0.29, 0.717) is 16.8 Å². The molecule has 2 N–H and O–H groups in total. The number of nitrogens with zero attached hydrogens (tertiary/aromatic N) is 1. The minimum Gasteiger partial charge on any atom is -0.493 e. The highest BCUT2D eigenvalue weighted by Gasteiger charge is 2.16. The first kappa shape index (κ1) is 19.4. The molecule has 0 unspecified atom stereocenters. The number of nitrogens with one attached hydrogen (secondary N) is 2. The lowest BCUT2D eigenvalue weighted by Gasteiger charge is -2.12. The minimum atomic E-state index is -0.673. The van der Waals surface area contributed by atoms with Gasteiger partial charge in [-0.25, -0.2) is 0 Å². The lowest BCUT2D eigenvalue weighted by Crippen LogP contribution is -2.41. The van der Waals surface area contributed by atoms with E-state index in [1.54, 1.807) is 18.2 Å². The number of nitro benzene ring substituents is 1.